The first-order chi connectivity index (χ1) is 21.4. The molecule has 1 aliphatic rings. The van der Waals surface area contributed by atoms with Crippen LogP contribution < -0.4 is 0 Å². The normalized spacial score (nSPS) is 12.1. The minimum absolute atomic E-state index is 1.23. The summed E-state index contributed by atoms with van der Waals surface area (Å²) in [5, 5.41) is 7.76. The third kappa shape index (κ3) is 3.72. The minimum Gasteiger partial charge on any atom is -0.0888 e. The van der Waals surface area contributed by atoms with E-state index >= 15 is 0 Å². The third-order valence-corrected chi connectivity index (χ3v) is 10.0. The highest BCUT2D eigenvalue weighted by molar-refractivity contribution is 7.99. The van der Waals surface area contributed by atoms with Gasteiger partial charge in [-0.25, -0.2) is 0 Å². The summed E-state index contributed by atoms with van der Waals surface area (Å²) in [6, 6.07) is 57.9. The van der Waals surface area contributed by atoms with Crippen molar-refractivity contribution < 1.29 is 0 Å². The Morgan fingerprint density at radius 1 is 0.302 bits per heavy atom. The van der Waals surface area contributed by atoms with E-state index in [1.165, 1.54) is 86.6 Å². The number of hydrogen-bond donors (Lipinski definition) is 0. The second-order valence-corrected chi connectivity index (χ2v) is 12.3. The van der Waals surface area contributed by atoms with E-state index in [1.807, 2.05) is 11.8 Å². The summed E-state index contributed by atoms with van der Waals surface area (Å²) < 4.78 is 0. The molecule has 0 amide bonds. The van der Waals surface area contributed by atoms with Crippen LogP contribution in [0, 0.1) is 0 Å². The fourth-order valence-electron chi connectivity index (χ4n) is 7.08. The Morgan fingerprint density at radius 3 is 1.53 bits per heavy atom. The molecule has 43 heavy (non-hydrogen) atoms. The van der Waals surface area contributed by atoms with Gasteiger partial charge >= 0.3 is 0 Å². The summed E-state index contributed by atoms with van der Waals surface area (Å²) in [5.41, 5.74) is 10.3. The molecule has 0 bridgehead atoms. The van der Waals surface area contributed by atoms with E-state index in [-0.39, 0.29) is 0 Å². The number of fused-ring (bicyclic) bond motifs is 4. The molecule has 0 nitrogen and oxygen atoms in total. The van der Waals surface area contributed by atoms with E-state index in [4.69, 9.17) is 0 Å². The van der Waals surface area contributed by atoms with Crippen molar-refractivity contribution in [2.75, 3.05) is 0 Å². The molecule has 8 aromatic rings. The van der Waals surface area contributed by atoms with Crippen molar-refractivity contribution in [1.82, 2.24) is 0 Å². The maximum Gasteiger partial charge on any atom is 0.0207 e. The average Bonchev–Trinajstić information content (AvgIpc) is 3.08. The highest BCUT2D eigenvalue weighted by Crippen LogP contribution is 2.54. The van der Waals surface area contributed by atoms with Crippen molar-refractivity contribution in [2.45, 2.75) is 9.79 Å². The Balaban J connectivity index is 1.44. The summed E-state index contributed by atoms with van der Waals surface area (Å²) >= 11 is 1.89. The second kappa shape index (κ2) is 9.73. The van der Waals surface area contributed by atoms with Gasteiger partial charge in [-0.2, -0.15) is 0 Å². The van der Waals surface area contributed by atoms with Crippen LogP contribution in [0.15, 0.2) is 168 Å². The fraction of sp³-hybridized carbons (Fsp3) is 0. The van der Waals surface area contributed by atoms with Gasteiger partial charge in [0.05, 0.1) is 0 Å². The highest BCUT2D eigenvalue weighted by atomic mass is 32.2. The molecule has 0 spiro atoms. The van der Waals surface area contributed by atoms with Gasteiger partial charge in [0, 0.05) is 15.2 Å². The summed E-state index contributed by atoms with van der Waals surface area (Å²) in [6.07, 6.45) is 0. The zero-order chi connectivity index (χ0) is 28.3. The van der Waals surface area contributed by atoms with E-state index in [0.29, 0.717) is 0 Å². The molecule has 0 atom stereocenters. The van der Waals surface area contributed by atoms with Gasteiger partial charge in [-0.1, -0.05) is 157 Å². The lowest BCUT2D eigenvalue weighted by Gasteiger charge is -2.25. The molecule has 0 aliphatic carbocycles. The van der Waals surface area contributed by atoms with Crippen LogP contribution in [0.5, 0.6) is 0 Å². The maximum absolute atomic E-state index is 2.36. The molecular weight excluding hydrogens is 537 g/mol. The van der Waals surface area contributed by atoms with Crippen LogP contribution >= 0.6 is 11.8 Å². The van der Waals surface area contributed by atoms with E-state index in [9.17, 15) is 0 Å². The molecule has 9 rings (SSSR count). The van der Waals surface area contributed by atoms with Crippen molar-refractivity contribution in [2.24, 2.45) is 0 Å². The van der Waals surface area contributed by atoms with Crippen LogP contribution in [0.3, 0.4) is 0 Å². The second-order valence-electron chi connectivity index (χ2n) is 11.2. The van der Waals surface area contributed by atoms with E-state index in [2.05, 4.69) is 158 Å². The van der Waals surface area contributed by atoms with Gasteiger partial charge in [0.1, 0.15) is 0 Å². The first kappa shape index (κ1) is 24.5. The van der Waals surface area contributed by atoms with Crippen LogP contribution in [0.25, 0.3) is 76.8 Å². The Kier molecular flexibility index (Phi) is 5.54. The van der Waals surface area contributed by atoms with E-state index in [1.54, 1.807) is 0 Å². The molecule has 0 unspecified atom stereocenters. The number of benzene rings is 8. The SMILES string of the molecule is c1ccc(-c2ccccc2-c2c3ccccc3c(-c3ccc4cccc5c4c3-c3ccccc3S5)c3ccccc23)cc1. The molecule has 1 heteroatoms. The molecule has 1 heterocycles. The van der Waals surface area contributed by atoms with E-state index in [0.717, 1.165) is 0 Å². The van der Waals surface area contributed by atoms with Gasteiger partial charge < -0.3 is 0 Å². The molecular formula is C42H26S. The molecule has 0 N–H and O–H groups in total. The standard InChI is InChI=1S/C42H26S/c1-2-13-27(14-3-1)29-16-4-5-17-30(29)40-31-18-6-8-20-33(31)41(34-21-9-7-19-32(34)40)36-26-25-28-15-12-24-38-39(28)42(36)35-22-10-11-23-37(35)43-38/h1-26H. The van der Waals surface area contributed by atoms with Gasteiger partial charge in [-0.05, 0) is 83.6 Å². The highest BCUT2D eigenvalue weighted by Gasteiger charge is 2.25. The predicted molar refractivity (Wildman–Crippen MR) is 185 cm³/mol. The summed E-state index contributed by atoms with van der Waals surface area (Å²) in [4.78, 5) is 2.65. The van der Waals surface area contributed by atoms with Crippen LogP contribution in [0.2, 0.25) is 0 Å². The predicted octanol–water partition coefficient (Wildman–Crippen LogP) is 12.3. The van der Waals surface area contributed by atoms with Gasteiger partial charge in [0.15, 0.2) is 0 Å². The molecule has 0 aromatic heterocycles. The van der Waals surface area contributed by atoms with Gasteiger partial charge in [-0.15, -0.1) is 0 Å². The summed E-state index contributed by atoms with van der Waals surface area (Å²) in [7, 11) is 0. The molecule has 0 saturated carbocycles. The van der Waals surface area contributed by atoms with Crippen molar-refractivity contribution in [3.05, 3.63) is 158 Å². The largest absolute Gasteiger partial charge is 0.0888 e. The smallest absolute Gasteiger partial charge is 0.0207 e. The molecule has 0 fully saturated rings. The van der Waals surface area contributed by atoms with Gasteiger partial charge in [-0.3, -0.25) is 0 Å². The van der Waals surface area contributed by atoms with Crippen LogP contribution in [0.1, 0.15) is 0 Å². The van der Waals surface area contributed by atoms with Crippen molar-refractivity contribution in [3.8, 4) is 44.5 Å². The van der Waals surface area contributed by atoms with Crippen molar-refractivity contribution in [3.63, 3.8) is 0 Å². The Labute approximate surface area is 255 Å². The minimum atomic E-state index is 1.23. The molecule has 0 saturated heterocycles. The summed E-state index contributed by atoms with van der Waals surface area (Å²) in [6.45, 7) is 0. The zero-order valence-corrected chi connectivity index (χ0v) is 24.2. The Bertz CT molecular complexity index is 2310. The number of hydrogen-bond acceptors (Lipinski definition) is 1. The Hall–Kier alpha value is -5.11. The van der Waals surface area contributed by atoms with Gasteiger partial charge in [0.25, 0.3) is 0 Å². The monoisotopic (exact) mass is 562 g/mol. The molecule has 8 aromatic carbocycles. The Morgan fingerprint density at radius 2 is 0.837 bits per heavy atom. The van der Waals surface area contributed by atoms with Crippen LogP contribution in [0.4, 0.5) is 0 Å². The number of rotatable bonds is 3. The fourth-order valence-corrected chi connectivity index (χ4v) is 8.21. The lowest BCUT2D eigenvalue weighted by atomic mass is 9.81. The first-order valence-corrected chi connectivity index (χ1v) is 15.6. The van der Waals surface area contributed by atoms with E-state index < -0.39 is 0 Å². The molecule has 200 valence electrons. The zero-order valence-electron chi connectivity index (χ0n) is 23.4. The van der Waals surface area contributed by atoms with Crippen molar-refractivity contribution in [1.29, 1.82) is 0 Å². The van der Waals surface area contributed by atoms with Gasteiger partial charge in [0.2, 0.25) is 0 Å². The molecule has 1 aliphatic heterocycles. The lowest BCUT2D eigenvalue weighted by Crippen LogP contribution is -1.97. The first-order valence-electron chi connectivity index (χ1n) is 14.8. The maximum atomic E-state index is 2.36. The van der Waals surface area contributed by atoms with Crippen LogP contribution in [-0.4, -0.2) is 0 Å². The average molecular weight is 563 g/mol. The quantitative estimate of drug-likeness (QED) is 0.193. The van der Waals surface area contributed by atoms with Crippen molar-refractivity contribution >= 4 is 44.1 Å². The lowest BCUT2D eigenvalue weighted by molar-refractivity contribution is 1.40. The molecule has 0 radical (unpaired) electrons. The topological polar surface area (TPSA) is 0 Å². The summed E-state index contributed by atoms with van der Waals surface area (Å²) in [5.74, 6) is 0. The van der Waals surface area contributed by atoms with Crippen LogP contribution in [-0.2, 0) is 0 Å². The third-order valence-electron chi connectivity index (χ3n) is 8.87.